The Labute approximate surface area is 107 Å². The molecule has 1 N–H and O–H groups in total. The van der Waals surface area contributed by atoms with Crippen molar-refractivity contribution >= 4 is 5.97 Å². The minimum absolute atomic E-state index is 0.191. The molecule has 0 saturated heterocycles. The van der Waals surface area contributed by atoms with Crippen molar-refractivity contribution in [2.24, 2.45) is 0 Å². The van der Waals surface area contributed by atoms with Gasteiger partial charge < -0.3 is 9.67 Å². The first-order chi connectivity index (χ1) is 8.66. The third kappa shape index (κ3) is 3.00. The monoisotopic (exact) mass is 243 g/mol. The van der Waals surface area contributed by atoms with Crippen molar-refractivity contribution in [3.05, 3.63) is 59.4 Å². The van der Waals surface area contributed by atoms with Gasteiger partial charge in [-0.05, 0) is 30.5 Å². The van der Waals surface area contributed by atoms with Crippen LogP contribution in [0.1, 0.15) is 23.2 Å². The molecule has 0 bridgehead atoms. The molecule has 0 saturated carbocycles. The number of hydrogen-bond acceptors (Lipinski definition) is 1. The average molecular weight is 243 g/mol. The van der Waals surface area contributed by atoms with Crippen LogP contribution in [0.2, 0.25) is 0 Å². The third-order valence-electron chi connectivity index (χ3n) is 3.16. The van der Waals surface area contributed by atoms with Gasteiger partial charge in [0.2, 0.25) is 0 Å². The molecule has 1 heterocycles. The second kappa shape index (κ2) is 5.54. The summed E-state index contributed by atoms with van der Waals surface area (Å²) in [5, 5.41) is 8.70. The first-order valence-corrected chi connectivity index (χ1v) is 6.07. The van der Waals surface area contributed by atoms with E-state index in [1.165, 1.54) is 5.56 Å². The van der Waals surface area contributed by atoms with Crippen LogP contribution in [0, 0.1) is 6.92 Å². The Hall–Kier alpha value is -2.03. The van der Waals surface area contributed by atoms with Crippen LogP contribution in [0.4, 0.5) is 0 Å². The second-order valence-electron chi connectivity index (χ2n) is 4.43. The van der Waals surface area contributed by atoms with E-state index in [0.29, 0.717) is 6.42 Å². The number of aromatic nitrogens is 1. The van der Waals surface area contributed by atoms with Crippen molar-refractivity contribution in [1.82, 2.24) is 4.57 Å². The molecule has 94 valence electrons. The van der Waals surface area contributed by atoms with Crippen LogP contribution in [0.15, 0.2) is 42.6 Å². The van der Waals surface area contributed by atoms with E-state index in [9.17, 15) is 4.79 Å². The Bertz CT molecular complexity index is 529. The summed E-state index contributed by atoms with van der Waals surface area (Å²) in [4.78, 5) is 10.6. The smallest absolute Gasteiger partial charge is 0.303 e. The fourth-order valence-electron chi connectivity index (χ4n) is 2.05. The van der Waals surface area contributed by atoms with Gasteiger partial charge in [-0.1, -0.05) is 30.3 Å². The van der Waals surface area contributed by atoms with Gasteiger partial charge in [-0.3, -0.25) is 4.79 Å². The van der Waals surface area contributed by atoms with E-state index in [1.807, 2.05) is 37.4 Å². The molecule has 0 fully saturated rings. The Morgan fingerprint density at radius 1 is 1.22 bits per heavy atom. The van der Waals surface area contributed by atoms with Crippen LogP contribution in [0.5, 0.6) is 0 Å². The van der Waals surface area contributed by atoms with Crippen molar-refractivity contribution in [3.63, 3.8) is 0 Å². The van der Waals surface area contributed by atoms with E-state index in [2.05, 4.69) is 16.7 Å². The van der Waals surface area contributed by atoms with Crippen molar-refractivity contribution in [3.8, 4) is 0 Å². The average Bonchev–Trinajstić information content (AvgIpc) is 2.70. The molecule has 0 unspecified atom stereocenters. The van der Waals surface area contributed by atoms with Gasteiger partial charge in [0.05, 0.1) is 0 Å². The molecule has 0 amide bonds. The van der Waals surface area contributed by atoms with E-state index in [0.717, 1.165) is 17.8 Å². The lowest BCUT2D eigenvalue weighted by Crippen LogP contribution is -2.02. The summed E-state index contributed by atoms with van der Waals surface area (Å²) in [6.45, 7) is 2.87. The first-order valence-electron chi connectivity index (χ1n) is 6.07. The molecule has 0 radical (unpaired) electrons. The molecule has 18 heavy (non-hydrogen) atoms. The quantitative estimate of drug-likeness (QED) is 0.877. The number of hydrogen-bond donors (Lipinski definition) is 1. The number of carboxylic acids is 1. The van der Waals surface area contributed by atoms with Gasteiger partial charge in [0, 0.05) is 24.9 Å². The van der Waals surface area contributed by atoms with Crippen LogP contribution < -0.4 is 0 Å². The molecule has 1 aromatic carbocycles. The minimum Gasteiger partial charge on any atom is -0.481 e. The van der Waals surface area contributed by atoms with Crippen molar-refractivity contribution in [2.75, 3.05) is 0 Å². The molecule has 2 rings (SSSR count). The van der Waals surface area contributed by atoms with Crippen LogP contribution in [-0.2, 0) is 17.8 Å². The predicted molar refractivity (Wildman–Crippen MR) is 70.7 cm³/mol. The van der Waals surface area contributed by atoms with E-state index in [-0.39, 0.29) is 6.42 Å². The number of rotatable bonds is 5. The van der Waals surface area contributed by atoms with Gasteiger partial charge in [-0.2, -0.15) is 0 Å². The van der Waals surface area contributed by atoms with Gasteiger partial charge in [-0.25, -0.2) is 0 Å². The highest BCUT2D eigenvalue weighted by atomic mass is 16.4. The Morgan fingerprint density at radius 2 is 1.94 bits per heavy atom. The van der Waals surface area contributed by atoms with E-state index in [1.54, 1.807) is 0 Å². The lowest BCUT2D eigenvalue weighted by atomic mass is 10.1. The topological polar surface area (TPSA) is 42.2 Å². The highest BCUT2D eigenvalue weighted by Gasteiger charge is 2.07. The van der Waals surface area contributed by atoms with E-state index >= 15 is 0 Å². The van der Waals surface area contributed by atoms with Gasteiger partial charge in [0.15, 0.2) is 0 Å². The Balaban J connectivity index is 2.08. The fourth-order valence-corrected chi connectivity index (χ4v) is 2.05. The van der Waals surface area contributed by atoms with Crippen LogP contribution in [0.25, 0.3) is 0 Å². The van der Waals surface area contributed by atoms with Gasteiger partial charge in [0.25, 0.3) is 0 Å². The maximum Gasteiger partial charge on any atom is 0.303 e. The maximum atomic E-state index is 10.6. The van der Waals surface area contributed by atoms with Crippen molar-refractivity contribution in [2.45, 2.75) is 26.3 Å². The lowest BCUT2D eigenvalue weighted by molar-refractivity contribution is -0.136. The fraction of sp³-hybridized carbons (Fsp3) is 0.267. The molecule has 1 aromatic heterocycles. The molecular formula is C15H17NO2. The van der Waals surface area contributed by atoms with Gasteiger partial charge >= 0.3 is 5.97 Å². The molecule has 0 atom stereocenters. The zero-order chi connectivity index (χ0) is 13.0. The lowest BCUT2D eigenvalue weighted by Gasteiger charge is -2.07. The summed E-state index contributed by atoms with van der Waals surface area (Å²) in [6.07, 6.45) is 2.82. The zero-order valence-corrected chi connectivity index (χ0v) is 10.5. The van der Waals surface area contributed by atoms with E-state index in [4.69, 9.17) is 5.11 Å². The van der Waals surface area contributed by atoms with E-state index < -0.39 is 5.97 Å². The number of benzene rings is 1. The molecule has 3 heteroatoms. The Morgan fingerprint density at radius 3 is 2.61 bits per heavy atom. The first kappa shape index (κ1) is 12.4. The van der Waals surface area contributed by atoms with Crippen molar-refractivity contribution in [1.29, 1.82) is 0 Å². The number of carbonyl (C=O) groups is 1. The highest BCUT2D eigenvalue weighted by Crippen LogP contribution is 2.14. The zero-order valence-electron chi connectivity index (χ0n) is 10.5. The van der Waals surface area contributed by atoms with Gasteiger partial charge in [-0.15, -0.1) is 0 Å². The summed E-state index contributed by atoms with van der Waals surface area (Å²) in [7, 11) is 0. The maximum absolute atomic E-state index is 10.6. The number of aryl methyl sites for hydroxylation is 1. The highest BCUT2D eigenvalue weighted by molar-refractivity contribution is 5.67. The van der Waals surface area contributed by atoms with Crippen LogP contribution in [0.3, 0.4) is 0 Å². The third-order valence-corrected chi connectivity index (χ3v) is 3.16. The van der Waals surface area contributed by atoms with Crippen LogP contribution in [-0.4, -0.2) is 15.6 Å². The van der Waals surface area contributed by atoms with Gasteiger partial charge in [0.1, 0.15) is 0 Å². The molecule has 0 aliphatic carbocycles. The Kier molecular flexibility index (Phi) is 3.82. The summed E-state index contributed by atoms with van der Waals surface area (Å²) >= 11 is 0. The number of carboxylic acid groups (broad SMARTS) is 1. The summed E-state index contributed by atoms with van der Waals surface area (Å²) in [5.74, 6) is -0.745. The SMILES string of the molecule is Cc1c(CCC(=O)O)ccn1Cc1ccccc1. The molecular weight excluding hydrogens is 226 g/mol. The molecule has 0 aliphatic heterocycles. The summed E-state index contributed by atoms with van der Waals surface area (Å²) in [5.41, 5.74) is 3.52. The van der Waals surface area contributed by atoms with Crippen molar-refractivity contribution < 1.29 is 9.90 Å². The minimum atomic E-state index is -0.745. The summed E-state index contributed by atoms with van der Waals surface area (Å²) in [6, 6.07) is 12.3. The normalized spacial score (nSPS) is 10.5. The standard InChI is InChI=1S/C15H17NO2/c1-12-14(7-8-15(17)18)9-10-16(12)11-13-5-3-2-4-6-13/h2-6,9-10H,7-8,11H2,1H3,(H,17,18). The number of nitrogens with zero attached hydrogens (tertiary/aromatic N) is 1. The number of aliphatic carboxylic acids is 1. The second-order valence-corrected chi connectivity index (χ2v) is 4.43. The van der Waals surface area contributed by atoms with Crippen LogP contribution >= 0.6 is 0 Å². The molecule has 0 spiro atoms. The molecule has 2 aromatic rings. The molecule has 0 aliphatic rings. The largest absolute Gasteiger partial charge is 0.481 e. The molecule has 3 nitrogen and oxygen atoms in total. The summed E-state index contributed by atoms with van der Waals surface area (Å²) < 4.78 is 2.16. The predicted octanol–water partition coefficient (Wildman–Crippen LogP) is 2.86.